The van der Waals surface area contributed by atoms with Crippen LogP contribution in [0.1, 0.15) is 18.4 Å². The van der Waals surface area contributed by atoms with Crippen LogP contribution in [0.3, 0.4) is 0 Å². The fourth-order valence-electron chi connectivity index (χ4n) is 3.08. The van der Waals surface area contributed by atoms with Gasteiger partial charge in [0.2, 0.25) is 0 Å². The van der Waals surface area contributed by atoms with Crippen molar-refractivity contribution >= 4 is 5.69 Å². The predicted octanol–water partition coefficient (Wildman–Crippen LogP) is 1.80. The highest BCUT2D eigenvalue weighted by molar-refractivity contribution is 5.60. The normalized spacial score (nSPS) is 22.0. The molecule has 1 atom stereocenters. The molecule has 0 spiro atoms. The highest BCUT2D eigenvalue weighted by Gasteiger charge is 2.17. The molecule has 0 radical (unpaired) electrons. The van der Waals surface area contributed by atoms with E-state index < -0.39 is 0 Å². The predicted molar refractivity (Wildman–Crippen MR) is 86.7 cm³/mol. The molecule has 3 rings (SSSR count). The quantitative estimate of drug-likeness (QED) is 0.868. The highest BCUT2D eigenvalue weighted by Crippen LogP contribution is 2.30. The van der Waals surface area contributed by atoms with Crippen LogP contribution < -0.4 is 15.0 Å². The van der Waals surface area contributed by atoms with Crippen LogP contribution in [0.2, 0.25) is 0 Å². The van der Waals surface area contributed by atoms with E-state index in [0.717, 1.165) is 57.4 Å². The largest absolute Gasteiger partial charge is 0.495 e. The molecule has 2 aliphatic heterocycles. The zero-order chi connectivity index (χ0) is 15.2. The number of methoxy groups -OCH3 is 1. The Balaban J connectivity index is 1.58. The van der Waals surface area contributed by atoms with E-state index in [9.17, 15) is 0 Å². The molecule has 2 heterocycles. The summed E-state index contributed by atoms with van der Waals surface area (Å²) in [5, 5.41) is 3.48. The number of hydrogen-bond acceptors (Lipinski definition) is 5. The van der Waals surface area contributed by atoms with E-state index in [0.29, 0.717) is 6.10 Å². The molecule has 2 aliphatic rings. The fraction of sp³-hybridized carbons (Fsp3) is 0.647. The monoisotopic (exact) mass is 306 g/mol. The molecule has 2 fully saturated rings. The summed E-state index contributed by atoms with van der Waals surface area (Å²) in [6, 6.07) is 6.47. The third-order valence-electron chi connectivity index (χ3n) is 4.32. The first-order valence-corrected chi connectivity index (χ1v) is 8.19. The van der Waals surface area contributed by atoms with Gasteiger partial charge < -0.3 is 24.4 Å². The Kier molecular flexibility index (Phi) is 5.53. The van der Waals surface area contributed by atoms with Crippen molar-refractivity contribution in [3.8, 4) is 5.75 Å². The Morgan fingerprint density at radius 2 is 2.14 bits per heavy atom. The van der Waals surface area contributed by atoms with E-state index in [4.69, 9.17) is 14.2 Å². The maximum absolute atomic E-state index is 5.63. The maximum Gasteiger partial charge on any atom is 0.142 e. The second kappa shape index (κ2) is 7.81. The van der Waals surface area contributed by atoms with Crippen molar-refractivity contribution in [2.24, 2.45) is 0 Å². The number of ether oxygens (including phenoxy) is 3. The van der Waals surface area contributed by atoms with Crippen molar-refractivity contribution in [1.82, 2.24) is 5.32 Å². The first-order chi connectivity index (χ1) is 10.9. The van der Waals surface area contributed by atoms with E-state index >= 15 is 0 Å². The molecule has 122 valence electrons. The van der Waals surface area contributed by atoms with E-state index in [-0.39, 0.29) is 0 Å². The zero-order valence-electron chi connectivity index (χ0n) is 13.3. The van der Waals surface area contributed by atoms with Crippen molar-refractivity contribution in [3.63, 3.8) is 0 Å². The average molecular weight is 306 g/mol. The van der Waals surface area contributed by atoms with Gasteiger partial charge in [0.05, 0.1) is 32.1 Å². The Hall–Kier alpha value is -1.30. The molecular weight excluding hydrogens is 280 g/mol. The number of benzene rings is 1. The van der Waals surface area contributed by atoms with Crippen LogP contribution in [-0.2, 0) is 16.0 Å². The Bertz CT molecular complexity index is 469. The second-order valence-electron chi connectivity index (χ2n) is 5.87. The van der Waals surface area contributed by atoms with Crippen LogP contribution in [-0.4, -0.2) is 52.7 Å². The minimum Gasteiger partial charge on any atom is -0.495 e. The summed E-state index contributed by atoms with van der Waals surface area (Å²) in [5.41, 5.74) is 2.40. The first kappa shape index (κ1) is 15.6. The lowest BCUT2D eigenvalue weighted by Crippen LogP contribution is -2.36. The molecule has 1 unspecified atom stereocenters. The van der Waals surface area contributed by atoms with Gasteiger partial charge in [0.15, 0.2) is 0 Å². The average Bonchev–Trinajstić information content (AvgIpc) is 3.09. The van der Waals surface area contributed by atoms with Crippen molar-refractivity contribution in [2.75, 3.05) is 51.5 Å². The standard InChI is InChI=1S/C17H26N2O3/c1-20-17-11-14(12-18-13-15-3-2-8-22-15)4-5-16(17)19-6-9-21-10-7-19/h4-5,11,15,18H,2-3,6-10,12-13H2,1H3. The van der Waals surface area contributed by atoms with E-state index in [1.54, 1.807) is 7.11 Å². The molecule has 22 heavy (non-hydrogen) atoms. The van der Waals surface area contributed by atoms with Crippen molar-refractivity contribution in [2.45, 2.75) is 25.5 Å². The van der Waals surface area contributed by atoms with Crippen LogP contribution >= 0.6 is 0 Å². The molecule has 1 aromatic carbocycles. The molecule has 0 aromatic heterocycles. The number of morpholine rings is 1. The van der Waals surface area contributed by atoms with Crippen LogP contribution in [0.4, 0.5) is 5.69 Å². The third kappa shape index (κ3) is 3.91. The minimum atomic E-state index is 0.384. The van der Waals surface area contributed by atoms with E-state index in [1.807, 2.05) is 0 Å². The Morgan fingerprint density at radius 1 is 1.27 bits per heavy atom. The Labute approximate surface area is 132 Å². The molecule has 2 saturated heterocycles. The number of anilines is 1. The number of nitrogens with zero attached hydrogens (tertiary/aromatic N) is 1. The van der Waals surface area contributed by atoms with Gasteiger partial charge in [0.1, 0.15) is 5.75 Å². The van der Waals surface area contributed by atoms with Crippen LogP contribution in [0.25, 0.3) is 0 Å². The van der Waals surface area contributed by atoms with Gasteiger partial charge >= 0.3 is 0 Å². The lowest BCUT2D eigenvalue weighted by atomic mass is 10.1. The number of hydrogen-bond donors (Lipinski definition) is 1. The summed E-state index contributed by atoms with van der Waals surface area (Å²) in [6.45, 7) is 6.10. The van der Waals surface area contributed by atoms with Gasteiger partial charge in [-0.05, 0) is 30.5 Å². The maximum atomic E-state index is 5.63. The Morgan fingerprint density at radius 3 is 2.86 bits per heavy atom. The van der Waals surface area contributed by atoms with Gasteiger partial charge in [-0.25, -0.2) is 0 Å². The van der Waals surface area contributed by atoms with Gasteiger partial charge in [-0.3, -0.25) is 0 Å². The topological polar surface area (TPSA) is 43.0 Å². The first-order valence-electron chi connectivity index (χ1n) is 8.19. The summed E-state index contributed by atoms with van der Waals surface area (Å²) in [6.07, 6.45) is 2.75. The second-order valence-corrected chi connectivity index (χ2v) is 5.87. The van der Waals surface area contributed by atoms with Gasteiger partial charge in [-0.1, -0.05) is 6.07 Å². The summed E-state index contributed by atoms with van der Waals surface area (Å²) in [4.78, 5) is 2.33. The molecule has 0 bridgehead atoms. The summed E-state index contributed by atoms with van der Waals surface area (Å²) in [7, 11) is 1.74. The molecule has 0 aliphatic carbocycles. The van der Waals surface area contributed by atoms with Gasteiger partial charge in [-0.2, -0.15) is 0 Å². The summed E-state index contributed by atoms with van der Waals surface area (Å²) in [5.74, 6) is 0.943. The molecule has 1 aromatic rings. The van der Waals surface area contributed by atoms with Gasteiger partial charge in [-0.15, -0.1) is 0 Å². The van der Waals surface area contributed by atoms with Crippen molar-refractivity contribution < 1.29 is 14.2 Å². The van der Waals surface area contributed by atoms with E-state index in [1.165, 1.54) is 18.4 Å². The molecular formula is C17H26N2O3. The van der Waals surface area contributed by atoms with Crippen LogP contribution in [0, 0.1) is 0 Å². The van der Waals surface area contributed by atoms with Gasteiger partial charge in [0.25, 0.3) is 0 Å². The number of rotatable bonds is 6. The molecule has 0 amide bonds. The SMILES string of the molecule is COc1cc(CNCC2CCCO2)ccc1N1CCOCC1. The van der Waals surface area contributed by atoms with Crippen LogP contribution in [0.5, 0.6) is 5.75 Å². The summed E-state index contributed by atoms with van der Waals surface area (Å²) >= 11 is 0. The minimum absolute atomic E-state index is 0.384. The zero-order valence-corrected chi connectivity index (χ0v) is 13.3. The van der Waals surface area contributed by atoms with Crippen molar-refractivity contribution in [3.05, 3.63) is 23.8 Å². The lowest BCUT2D eigenvalue weighted by Gasteiger charge is -2.30. The molecule has 5 heteroatoms. The third-order valence-corrected chi connectivity index (χ3v) is 4.32. The van der Waals surface area contributed by atoms with Crippen molar-refractivity contribution in [1.29, 1.82) is 0 Å². The smallest absolute Gasteiger partial charge is 0.142 e. The highest BCUT2D eigenvalue weighted by atomic mass is 16.5. The lowest BCUT2D eigenvalue weighted by molar-refractivity contribution is 0.110. The molecule has 5 nitrogen and oxygen atoms in total. The van der Waals surface area contributed by atoms with Gasteiger partial charge in [0, 0.05) is 32.8 Å². The number of nitrogens with one attached hydrogen (secondary N) is 1. The fourth-order valence-corrected chi connectivity index (χ4v) is 3.08. The molecule has 0 saturated carbocycles. The summed E-state index contributed by atoms with van der Waals surface area (Å²) < 4.78 is 16.6. The van der Waals surface area contributed by atoms with Crippen LogP contribution in [0.15, 0.2) is 18.2 Å². The van der Waals surface area contributed by atoms with E-state index in [2.05, 4.69) is 28.4 Å². The molecule has 1 N–H and O–H groups in total.